The van der Waals surface area contributed by atoms with Gasteiger partial charge in [0.15, 0.2) is 5.78 Å². The number of carbonyl (C=O) groups is 2. The van der Waals surface area contributed by atoms with E-state index in [2.05, 4.69) is 15.3 Å². The van der Waals surface area contributed by atoms with E-state index in [1.54, 1.807) is 36.8 Å². The predicted octanol–water partition coefficient (Wildman–Crippen LogP) is 2.10. The van der Waals surface area contributed by atoms with Gasteiger partial charge in [-0.15, -0.1) is 0 Å². The summed E-state index contributed by atoms with van der Waals surface area (Å²) in [7, 11) is 0. The first-order chi connectivity index (χ1) is 9.15. The van der Waals surface area contributed by atoms with Crippen LogP contribution in [-0.2, 0) is 4.79 Å². The minimum absolute atomic E-state index is 0.0250. The fourth-order valence-electron chi connectivity index (χ4n) is 2.05. The van der Waals surface area contributed by atoms with Gasteiger partial charge in [-0.1, -0.05) is 0 Å². The highest BCUT2D eigenvalue weighted by atomic mass is 16.2. The van der Waals surface area contributed by atoms with Crippen molar-refractivity contribution in [2.75, 3.05) is 5.32 Å². The van der Waals surface area contributed by atoms with Gasteiger partial charge in [0.05, 0.1) is 23.8 Å². The summed E-state index contributed by atoms with van der Waals surface area (Å²) in [5.41, 5.74) is 3.33. The van der Waals surface area contributed by atoms with E-state index in [9.17, 15) is 9.59 Å². The molecule has 0 bridgehead atoms. The summed E-state index contributed by atoms with van der Waals surface area (Å²) in [5.74, 6) is -0.201. The second-order valence-corrected chi connectivity index (χ2v) is 4.34. The van der Waals surface area contributed by atoms with Crippen molar-refractivity contribution in [2.24, 2.45) is 0 Å². The van der Waals surface area contributed by atoms with Crippen molar-refractivity contribution >= 4 is 29.0 Å². The second-order valence-electron chi connectivity index (χ2n) is 4.34. The quantitative estimate of drug-likeness (QED) is 0.635. The van der Waals surface area contributed by atoms with Crippen LogP contribution in [0.4, 0.5) is 5.69 Å². The largest absolute Gasteiger partial charge is 0.345 e. The number of imidazole rings is 1. The Labute approximate surface area is 109 Å². The number of rotatable bonds is 2. The Morgan fingerprint density at radius 2 is 2.21 bits per heavy atom. The lowest BCUT2D eigenvalue weighted by Gasteiger charge is -2.01. The van der Waals surface area contributed by atoms with Crippen LogP contribution in [0.15, 0.2) is 30.7 Å². The molecule has 0 radical (unpaired) electrons. The van der Waals surface area contributed by atoms with E-state index in [0.717, 1.165) is 16.9 Å². The standard InChI is InChI=1S/C14H11N3O2/c1-8(18)9-2-3-13-11(4-9)12(14(19)17-13)5-10-6-15-7-16-10/h2-7H,1H3,(H,15,16)(H,17,19). The summed E-state index contributed by atoms with van der Waals surface area (Å²) in [6, 6.07) is 5.19. The van der Waals surface area contributed by atoms with Crippen LogP contribution in [-0.4, -0.2) is 21.7 Å². The molecule has 3 rings (SSSR count). The van der Waals surface area contributed by atoms with E-state index in [4.69, 9.17) is 0 Å². The number of aromatic nitrogens is 2. The molecule has 0 spiro atoms. The van der Waals surface area contributed by atoms with Gasteiger partial charge < -0.3 is 10.3 Å². The van der Waals surface area contributed by atoms with Gasteiger partial charge in [-0.25, -0.2) is 4.98 Å². The molecule has 94 valence electrons. The fourth-order valence-corrected chi connectivity index (χ4v) is 2.05. The normalized spacial score (nSPS) is 15.4. The van der Waals surface area contributed by atoms with Gasteiger partial charge in [0.25, 0.3) is 5.91 Å². The number of benzene rings is 1. The number of H-pyrrole nitrogens is 1. The van der Waals surface area contributed by atoms with E-state index in [0.29, 0.717) is 11.1 Å². The molecule has 0 saturated carbocycles. The molecule has 0 aliphatic carbocycles. The molecule has 1 amide bonds. The summed E-state index contributed by atoms with van der Waals surface area (Å²) in [4.78, 5) is 30.2. The molecule has 19 heavy (non-hydrogen) atoms. The highest BCUT2D eigenvalue weighted by Crippen LogP contribution is 2.33. The number of ketones is 1. The van der Waals surface area contributed by atoms with Crippen molar-refractivity contribution < 1.29 is 9.59 Å². The van der Waals surface area contributed by atoms with Crippen molar-refractivity contribution in [3.05, 3.63) is 47.5 Å². The lowest BCUT2D eigenvalue weighted by Crippen LogP contribution is -2.03. The number of anilines is 1. The van der Waals surface area contributed by atoms with E-state index in [1.807, 2.05) is 0 Å². The topological polar surface area (TPSA) is 74.8 Å². The highest BCUT2D eigenvalue weighted by molar-refractivity contribution is 6.35. The maximum absolute atomic E-state index is 11.9. The maximum Gasteiger partial charge on any atom is 0.256 e. The molecule has 0 saturated heterocycles. The summed E-state index contributed by atoms with van der Waals surface area (Å²) < 4.78 is 0. The smallest absolute Gasteiger partial charge is 0.256 e. The van der Waals surface area contributed by atoms with Crippen LogP contribution in [0.2, 0.25) is 0 Å². The Bertz CT molecular complexity index is 699. The Hall–Kier alpha value is -2.69. The summed E-state index contributed by atoms with van der Waals surface area (Å²) >= 11 is 0. The van der Waals surface area contributed by atoms with Gasteiger partial charge in [0, 0.05) is 16.8 Å². The monoisotopic (exact) mass is 253 g/mol. The van der Waals surface area contributed by atoms with Crippen molar-refractivity contribution in [2.45, 2.75) is 6.92 Å². The predicted molar refractivity (Wildman–Crippen MR) is 71.5 cm³/mol. The molecular weight excluding hydrogens is 242 g/mol. The lowest BCUT2D eigenvalue weighted by atomic mass is 10.0. The molecule has 5 nitrogen and oxygen atoms in total. The van der Waals surface area contributed by atoms with Gasteiger partial charge >= 0.3 is 0 Å². The number of amides is 1. The number of nitrogens with zero attached hydrogens (tertiary/aromatic N) is 1. The van der Waals surface area contributed by atoms with Gasteiger partial charge in [0.1, 0.15) is 0 Å². The van der Waals surface area contributed by atoms with Crippen molar-refractivity contribution in [3.8, 4) is 0 Å². The summed E-state index contributed by atoms with van der Waals surface area (Å²) in [5, 5.41) is 2.77. The van der Waals surface area contributed by atoms with Crippen LogP contribution in [0.25, 0.3) is 11.6 Å². The number of fused-ring (bicyclic) bond motifs is 1. The Kier molecular flexibility index (Phi) is 2.52. The van der Waals surface area contributed by atoms with Crippen molar-refractivity contribution in [3.63, 3.8) is 0 Å². The Morgan fingerprint density at radius 3 is 2.89 bits per heavy atom. The third-order valence-electron chi connectivity index (χ3n) is 3.03. The van der Waals surface area contributed by atoms with Crippen LogP contribution in [0, 0.1) is 0 Å². The molecular formula is C14H11N3O2. The van der Waals surface area contributed by atoms with Crippen LogP contribution in [0.3, 0.4) is 0 Å². The molecule has 0 unspecified atom stereocenters. The molecule has 0 atom stereocenters. The van der Waals surface area contributed by atoms with E-state index < -0.39 is 0 Å². The van der Waals surface area contributed by atoms with Crippen molar-refractivity contribution in [1.82, 2.24) is 9.97 Å². The number of hydrogen-bond donors (Lipinski definition) is 2. The lowest BCUT2D eigenvalue weighted by molar-refractivity contribution is -0.110. The number of aromatic amines is 1. The highest BCUT2D eigenvalue weighted by Gasteiger charge is 2.24. The molecule has 2 N–H and O–H groups in total. The van der Waals surface area contributed by atoms with Gasteiger partial charge in [-0.2, -0.15) is 0 Å². The molecule has 1 aromatic carbocycles. The molecule has 0 fully saturated rings. The molecule has 1 aromatic heterocycles. The first kappa shape index (κ1) is 11.4. The van der Waals surface area contributed by atoms with Crippen LogP contribution >= 0.6 is 0 Å². The van der Waals surface area contributed by atoms with Crippen LogP contribution in [0.5, 0.6) is 0 Å². The molecule has 2 heterocycles. The first-order valence-electron chi connectivity index (χ1n) is 5.82. The first-order valence-corrected chi connectivity index (χ1v) is 5.82. The summed E-state index contributed by atoms with van der Waals surface area (Å²) in [6.45, 7) is 1.50. The van der Waals surface area contributed by atoms with E-state index in [1.165, 1.54) is 6.92 Å². The zero-order chi connectivity index (χ0) is 13.4. The Balaban J connectivity index is 2.12. The zero-order valence-corrected chi connectivity index (χ0v) is 10.2. The maximum atomic E-state index is 11.9. The van der Waals surface area contributed by atoms with Gasteiger partial charge in [-0.3, -0.25) is 9.59 Å². The minimum Gasteiger partial charge on any atom is -0.345 e. The van der Waals surface area contributed by atoms with Crippen molar-refractivity contribution in [1.29, 1.82) is 0 Å². The minimum atomic E-state index is -0.176. The van der Waals surface area contributed by atoms with Crippen LogP contribution in [0.1, 0.15) is 28.5 Å². The summed E-state index contributed by atoms with van der Waals surface area (Å²) in [6.07, 6.45) is 4.90. The third kappa shape index (κ3) is 1.95. The number of carbonyl (C=O) groups excluding carboxylic acids is 2. The number of hydrogen-bond acceptors (Lipinski definition) is 3. The molecule has 5 heteroatoms. The average Bonchev–Trinajstić information content (AvgIpc) is 2.98. The number of Topliss-reactive ketones (excluding diaryl/α,β-unsaturated/α-hetero) is 1. The molecule has 2 aromatic rings. The second kappa shape index (κ2) is 4.20. The molecule has 1 aliphatic heterocycles. The average molecular weight is 253 g/mol. The SMILES string of the molecule is CC(=O)c1ccc2c(c1)C(=Cc1cnc[nH]1)C(=O)N2. The molecule has 1 aliphatic rings. The van der Waals surface area contributed by atoms with Gasteiger partial charge in [0.2, 0.25) is 0 Å². The van der Waals surface area contributed by atoms with Gasteiger partial charge in [-0.05, 0) is 31.2 Å². The fraction of sp³-hybridized carbons (Fsp3) is 0.0714. The van der Waals surface area contributed by atoms with E-state index in [-0.39, 0.29) is 11.7 Å². The van der Waals surface area contributed by atoms with Crippen LogP contribution < -0.4 is 5.32 Å². The zero-order valence-electron chi connectivity index (χ0n) is 10.2. The van der Waals surface area contributed by atoms with E-state index >= 15 is 0 Å². The number of nitrogens with one attached hydrogen (secondary N) is 2. The third-order valence-corrected chi connectivity index (χ3v) is 3.03. The Morgan fingerprint density at radius 1 is 1.37 bits per heavy atom.